The highest BCUT2D eigenvalue weighted by atomic mass is 16.5. The van der Waals surface area contributed by atoms with Gasteiger partial charge in [-0.05, 0) is 0 Å². The molecule has 0 unspecified atom stereocenters. The molecule has 0 aliphatic carbocycles. The van der Waals surface area contributed by atoms with Gasteiger partial charge in [0.1, 0.15) is 5.82 Å². The van der Waals surface area contributed by atoms with Gasteiger partial charge in [0.15, 0.2) is 0 Å². The van der Waals surface area contributed by atoms with Gasteiger partial charge in [-0.1, -0.05) is 0 Å². The lowest BCUT2D eigenvalue weighted by molar-refractivity contribution is 0.0337. The Morgan fingerprint density at radius 3 is 3.00 bits per heavy atom. The largest absolute Gasteiger partial charge is 0.379 e. The lowest BCUT2D eigenvalue weighted by Crippen LogP contribution is -2.35. The molecule has 0 atom stereocenters. The fourth-order valence-corrected chi connectivity index (χ4v) is 2.31. The van der Waals surface area contributed by atoms with Gasteiger partial charge in [-0.15, -0.1) is 0 Å². The van der Waals surface area contributed by atoms with Gasteiger partial charge < -0.3 is 14.6 Å². The number of aromatic nitrogens is 2. The zero-order valence-electron chi connectivity index (χ0n) is 9.48. The summed E-state index contributed by atoms with van der Waals surface area (Å²) in [5.41, 5.74) is 1.20. The molecule has 0 aromatic carbocycles. The summed E-state index contributed by atoms with van der Waals surface area (Å²) in [6, 6.07) is 0. The molecule has 1 fully saturated rings. The lowest BCUT2D eigenvalue weighted by Gasteiger charge is -2.25. The lowest BCUT2D eigenvalue weighted by atomic mass is 10.3. The first-order chi connectivity index (χ1) is 7.92. The molecule has 1 saturated heterocycles. The molecule has 0 saturated carbocycles. The van der Waals surface area contributed by atoms with Crippen molar-refractivity contribution in [1.29, 1.82) is 0 Å². The Labute approximate surface area is 95.4 Å². The van der Waals surface area contributed by atoms with Gasteiger partial charge >= 0.3 is 0 Å². The van der Waals surface area contributed by atoms with Crippen LogP contribution < -0.4 is 5.32 Å². The Hall–Kier alpha value is -0.910. The molecule has 88 valence electrons. The van der Waals surface area contributed by atoms with Crippen molar-refractivity contribution < 1.29 is 4.74 Å². The SMILES string of the molecule is c1c(CN2CCOCC2)nc2n1CCNC2. The number of nitrogens with one attached hydrogen (secondary N) is 1. The minimum Gasteiger partial charge on any atom is -0.379 e. The summed E-state index contributed by atoms with van der Waals surface area (Å²) in [6.07, 6.45) is 2.20. The van der Waals surface area contributed by atoms with E-state index in [0.717, 1.165) is 52.5 Å². The van der Waals surface area contributed by atoms with Crippen LogP contribution in [0.3, 0.4) is 0 Å². The van der Waals surface area contributed by atoms with Gasteiger partial charge in [0.2, 0.25) is 0 Å². The standard InChI is InChI=1S/C11H18N4O/c1-2-15-9-10(13-11(15)7-12-1)8-14-3-5-16-6-4-14/h9,12H,1-8H2. The van der Waals surface area contributed by atoms with E-state index in [-0.39, 0.29) is 0 Å². The molecule has 3 heterocycles. The average Bonchev–Trinajstić information content (AvgIpc) is 2.72. The Morgan fingerprint density at radius 2 is 2.19 bits per heavy atom. The Balaban J connectivity index is 1.67. The molecular formula is C11H18N4O. The van der Waals surface area contributed by atoms with Gasteiger partial charge in [0.25, 0.3) is 0 Å². The normalized spacial score (nSPS) is 22.0. The number of nitrogens with zero attached hydrogens (tertiary/aromatic N) is 3. The number of morpholine rings is 1. The summed E-state index contributed by atoms with van der Waals surface area (Å²) in [7, 11) is 0. The molecule has 0 amide bonds. The van der Waals surface area contributed by atoms with E-state index in [1.807, 2.05) is 0 Å². The fourth-order valence-electron chi connectivity index (χ4n) is 2.31. The number of rotatable bonds is 2. The molecule has 2 aliphatic rings. The van der Waals surface area contributed by atoms with Crippen molar-refractivity contribution >= 4 is 0 Å². The van der Waals surface area contributed by atoms with Crippen LogP contribution in [0.4, 0.5) is 0 Å². The number of imidazole rings is 1. The van der Waals surface area contributed by atoms with Crippen LogP contribution in [-0.4, -0.2) is 47.3 Å². The minimum atomic E-state index is 0.856. The van der Waals surface area contributed by atoms with Crippen molar-refractivity contribution in [3.8, 4) is 0 Å². The smallest absolute Gasteiger partial charge is 0.123 e. The molecule has 0 spiro atoms. The molecule has 2 aliphatic heterocycles. The summed E-state index contributed by atoms with van der Waals surface area (Å²) in [4.78, 5) is 7.07. The quantitative estimate of drug-likeness (QED) is 0.753. The highest BCUT2D eigenvalue weighted by Gasteiger charge is 2.15. The third kappa shape index (κ3) is 2.11. The van der Waals surface area contributed by atoms with Gasteiger partial charge in [-0.3, -0.25) is 4.90 Å². The number of fused-ring (bicyclic) bond motifs is 1. The second-order valence-corrected chi connectivity index (χ2v) is 4.41. The molecule has 3 rings (SSSR count). The molecule has 16 heavy (non-hydrogen) atoms. The topological polar surface area (TPSA) is 42.3 Å². The van der Waals surface area contributed by atoms with Crippen LogP contribution in [0, 0.1) is 0 Å². The zero-order valence-corrected chi connectivity index (χ0v) is 9.48. The van der Waals surface area contributed by atoms with E-state index in [1.165, 1.54) is 11.5 Å². The highest BCUT2D eigenvalue weighted by molar-refractivity contribution is 5.06. The van der Waals surface area contributed by atoms with Crippen molar-refractivity contribution in [1.82, 2.24) is 19.8 Å². The first kappa shape index (κ1) is 10.3. The van der Waals surface area contributed by atoms with Crippen LogP contribution in [0.2, 0.25) is 0 Å². The van der Waals surface area contributed by atoms with E-state index in [9.17, 15) is 0 Å². The maximum absolute atomic E-state index is 5.34. The van der Waals surface area contributed by atoms with Gasteiger partial charge in [0, 0.05) is 38.9 Å². The summed E-state index contributed by atoms with van der Waals surface area (Å²) in [5, 5.41) is 3.34. The molecule has 1 aromatic rings. The Morgan fingerprint density at radius 1 is 1.31 bits per heavy atom. The molecular weight excluding hydrogens is 204 g/mol. The second-order valence-electron chi connectivity index (χ2n) is 4.41. The average molecular weight is 222 g/mol. The molecule has 1 N–H and O–H groups in total. The predicted octanol–water partition coefficient (Wildman–Crippen LogP) is -0.182. The van der Waals surface area contributed by atoms with E-state index < -0.39 is 0 Å². The van der Waals surface area contributed by atoms with E-state index in [2.05, 4.69) is 26.0 Å². The maximum atomic E-state index is 5.34. The zero-order chi connectivity index (χ0) is 10.8. The van der Waals surface area contributed by atoms with Gasteiger partial charge in [0.05, 0.1) is 25.5 Å². The fraction of sp³-hybridized carbons (Fsp3) is 0.727. The number of hydrogen-bond donors (Lipinski definition) is 1. The summed E-state index contributed by atoms with van der Waals surface area (Å²) >= 11 is 0. The van der Waals surface area contributed by atoms with Gasteiger partial charge in [-0.2, -0.15) is 0 Å². The third-order valence-corrected chi connectivity index (χ3v) is 3.21. The van der Waals surface area contributed by atoms with Crippen LogP contribution in [0.15, 0.2) is 6.20 Å². The van der Waals surface area contributed by atoms with Crippen LogP contribution in [-0.2, 0) is 24.4 Å². The number of ether oxygens (including phenoxy) is 1. The van der Waals surface area contributed by atoms with Crippen LogP contribution in [0.5, 0.6) is 0 Å². The van der Waals surface area contributed by atoms with E-state index in [4.69, 9.17) is 4.74 Å². The van der Waals surface area contributed by atoms with Crippen molar-refractivity contribution in [3.05, 3.63) is 17.7 Å². The predicted molar refractivity (Wildman–Crippen MR) is 60.0 cm³/mol. The minimum absolute atomic E-state index is 0.856. The highest BCUT2D eigenvalue weighted by Crippen LogP contribution is 2.10. The Kier molecular flexibility index (Phi) is 2.90. The van der Waals surface area contributed by atoms with E-state index in [1.54, 1.807) is 0 Å². The van der Waals surface area contributed by atoms with Crippen molar-refractivity contribution in [2.75, 3.05) is 32.8 Å². The van der Waals surface area contributed by atoms with Crippen LogP contribution in [0.25, 0.3) is 0 Å². The van der Waals surface area contributed by atoms with Crippen LogP contribution >= 0.6 is 0 Å². The summed E-state index contributed by atoms with van der Waals surface area (Å²) in [6.45, 7) is 7.74. The molecule has 0 radical (unpaired) electrons. The summed E-state index contributed by atoms with van der Waals surface area (Å²) < 4.78 is 7.61. The Bertz CT molecular complexity index is 333. The molecule has 1 aromatic heterocycles. The molecule has 0 bridgehead atoms. The van der Waals surface area contributed by atoms with E-state index >= 15 is 0 Å². The van der Waals surface area contributed by atoms with Crippen molar-refractivity contribution in [2.45, 2.75) is 19.6 Å². The number of hydrogen-bond acceptors (Lipinski definition) is 4. The van der Waals surface area contributed by atoms with Gasteiger partial charge in [-0.25, -0.2) is 4.98 Å². The maximum Gasteiger partial charge on any atom is 0.123 e. The monoisotopic (exact) mass is 222 g/mol. The first-order valence-electron chi connectivity index (χ1n) is 5.97. The van der Waals surface area contributed by atoms with E-state index in [0.29, 0.717) is 0 Å². The second kappa shape index (κ2) is 4.53. The molecule has 5 nitrogen and oxygen atoms in total. The van der Waals surface area contributed by atoms with Crippen molar-refractivity contribution in [3.63, 3.8) is 0 Å². The first-order valence-corrected chi connectivity index (χ1v) is 5.97. The molecule has 5 heteroatoms. The van der Waals surface area contributed by atoms with Crippen LogP contribution in [0.1, 0.15) is 11.5 Å². The third-order valence-electron chi connectivity index (χ3n) is 3.21. The van der Waals surface area contributed by atoms with Crippen molar-refractivity contribution in [2.24, 2.45) is 0 Å². The summed E-state index contributed by atoms with van der Waals surface area (Å²) in [5.74, 6) is 1.18.